The Bertz CT molecular complexity index is 673. The average molecular weight is 285 g/mol. The van der Waals surface area contributed by atoms with Crippen LogP contribution >= 0.6 is 0 Å². The summed E-state index contributed by atoms with van der Waals surface area (Å²) in [7, 11) is 1.31. The molecule has 2 aromatic rings. The van der Waals surface area contributed by atoms with Crippen LogP contribution in [-0.2, 0) is 11.2 Å². The number of nitrogens with two attached hydrogens (primary N) is 1. The van der Waals surface area contributed by atoms with E-state index in [0.29, 0.717) is 17.9 Å². The first-order valence-corrected chi connectivity index (χ1v) is 6.69. The summed E-state index contributed by atoms with van der Waals surface area (Å²) in [5.41, 5.74) is 10.2. The van der Waals surface area contributed by atoms with Gasteiger partial charge in [0.25, 0.3) is 0 Å². The number of ether oxygens (including phenoxy) is 1. The molecule has 0 fully saturated rings. The van der Waals surface area contributed by atoms with Crippen LogP contribution in [0.3, 0.4) is 0 Å². The zero-order chi connectivity index (χ0) is 15.6. The van der Waals surface area contributed by atoms with Crippen molar-refractivity contribution < 1.29 is 9.53 Å². The van der Waals surface area contributed by atoms with Gasteiger partial charge in [-0.15, -0.1) is 0 Å². The second kappa shape index (κ2) is 5.91. The second-order valence-electron chi connectivity index (χ2n) is 5.07. The molecular weight excluding hydrogens is 266 g/mol. The number of carbonyl (C=O) groups is 1. The van der Waals surface area contributed by atoms with E-state index in [0.717, 1.165) is 5.56 Å². The summed E-state index contributed by atoms with van der Waals surface area (Å²) in [5, 5.41) is 0. The molecule has 1 aromatic carbocycles. The smallest absolute Gasteiger partial charge is 0.343 e. The molecule has 0 amide bonds. The summed E-state index contributed by atoms with van der Waals surface area (Å²) < 4.78 is 4.69. The number of carbonyl (C=O) groups excluding carboxylic acids is 1. The lowest BCUT2D eigenvalue weighted by molar-refractivity contribution is 0.0600. The lowest BCUT2D eigenvalue weighted by Crippen LogP contribution is -2.13. The predicted molar refractivity (Wildman–Crippen MR) is 81.2 cm³/mol. The van der Waals surface area contributed by atoms with E-state index in [4.69, 9.17) is 5.73 Å². The number of hydrogen-bond acceptors (Lipinski definition) is 5. The van der Waals surface area contributed by atoms with Crippen LogP contribution < -0.4 is 5.73 Å². The van der Waals surface area contributed by atoms with E-state index in [9.17, 15) is 4.79 Å². The number of nitrogen functional groups attached to an aromatic ring is 1. The fourth-order valence-electron chi connectivity index (χ4n) is 2.18. The molecule has 0 saturated carbocycles. The molecule has 0 atom stereocenters. The summed E-state index contributed by atoms with van der Waals surface area (Å²) in [6.45, 7) is 5.87. The van der Waals surface area contributed by atoms with Crippen molar-refractivity contribution in [3.63, 3.8) is 0 Å². The molecule has 21 heavy (non-hydrogen) atoms. The first-order chi connectivity index (χ1) is 9.92. The highest BCUT2D eigenvalue weighted by molar-refractivity contribution is 5.95. The van der Waals surface area contributed by atoms with Gasteiger partial charge in [0.15, 0.2) is 0 Å². The van der Waals surface area contributed by atoms with E-state index in [2.05, 4.69) is 40.7 Å². The lowest BCUT2D eigenvalue weighted by atomic mass is 10.0. The number of methoxy groups -OCH3 is 1. The highest BCUT2D eigenvalue weighted by Gasteiger charge is 2.17. The predicted octanol–water partition coefficient (Wildman–Crippen LogP) is 2.36. The number of aryl methyl sites for hydroxylation is 3. The van der Waals surface area contributed by atoms with Crippen molar-refractivity contribution in [1.29, 1.82) is 0 Å². The Hall–Kier alpha value is -2.43. The Morgan fingerprint density at radius 3 is 2.48 bits per heavy atom. The third kappa shape index (κ3) is 3.18. The first kappa shape index (κ1) is 15.0. The fourth-order valence-corrected chi connectivity index (χ4v) is 2.18. The molecule has 2 rings (SSSR count). The minimum absolute atomic E-state index is 0.160. The number of hydrogen-bond donors (Lipinski definition) is 1. The SMILES string of the molecule is COC(=O)c1c(C)nc(Cc2ccc(C)c(C)c2)nc1N. The zero-order valence-corrected chi connectivity index (χ0v) is 12.7. The Kier molecular flexibility index (Phi) is 4.21. The topological polar surface area (TPSA) is 78.1 Å². The van der Waals surface area contributed by atoms with E-state index in [1.54, 1.807) is 6.92 Å². The van der Waals surface area contributed by atoms with Crippen molar-refractivity contribution in [2.45, 2.75) is 27.2 Å². The quantitative estimate of drug-likeness (QED) is 0.876. The molecule has 1 heterocycles. The first-order valence-electron chi connectivity index (χ1n) is 6.69. The van der Waals surface area contributed by atoms with Crippen LogP contribution in [0.15, 0.2) is 18.2 Å². The number of rotatable bonds is 3. The van der Waals surface area contributed by atoms with Gasteiger partial charge in [-0.05, 0) is 37.5 Å². The highest BCUT2D eigenvalue weighted by Crippen LogP contribution is 2.17. The molecule has 0 spiro atoms. The van der Waals surface area contributed by atoms with Crippen LogP contribution in [0.5, 0.6) is 0 Å². The fraction of sp³-hybridized carbons (Fsp3) is 0.312. The van der Waals surface area contributed by atoms with Gasteiger partial charge < -0.3 is 10.5 Å². The van der Waals surface area contributed by atoms with Gasteiger partial charge in [0.05, 0.1) is 12.8 Å². The molecule has 0 aliphatic heterocycles. The van der Waals surface area contributed by atoms with Gasteiger partial charge in [-0.2, -0.15) is 0 Å². The Balaban J connectivity index is 2.33. The molecule has 2 N–H and O–H groups in total. The Morgan fingerprint density at radius 1 is 1.19 bits per heavy atom. The molecule has 0 bridgehead atoms. The van der Waals surface area contributed by atoms with E-state index >= 15 is 0 Å². The standard InChI is InChI=1S/C16H19N3O2/c1-9-5-6-12(7-10(9)2)8-13-18-11(3)14(15(17)19-13)16(20)21-4/h5-7H,8H2,1-4H3,(H2,17,18,19). The summed E-state index contributed by atoms with van der Waals surface area (Å²) in [6.07, 6.45) is 0.577. The van der Waals surface area contributed by atoms with Gasteiger partial charge in [0.2, 0.25) is 0 Å². The van der Waals surface area contributed by atoms with E-state index in [1.807, 2.05) is 6.07 Å². The zero-order valence-electron chi connectivity index (χ0n) is 12.7. The van der Waals surface area contributed by atoms with Crippen LogP contribution in [-0.4, -0.2) is 23.0 Å². The van der Waals surface area contributed by atoms with Crippen LogP contribution in [0.2, 0.25) is 0 Å². The minimum atomic E-state index is -0.511. The van der Waals surface area contributed by atoms with Crippen molar-refractivity contribution in [1.82, 2.24) is 9.97 Å². The van der Waals surface area contributed by atoms with Crippen molar-refractivity contribution in [2.75, 3.05) is 12.8 Å². The number of nitrogens with zero attached hydrogens (tertiary/aromatic N) is 2. The third-order valence-electron chi connectivity index (χ3n) is 3.49. The number of aromatic nitrogens is 2. The Morgan fingerprint density at radius 2 is 1.90 bits per heavy atom. The average Bonchev–Trinajstić information content (AvgIpc) is 2.42. The molecule has 110 valence electrons. The molecule has 5 heteroatoms. The minimum Gasteiger partial charge on any atom is -0.465 e. The van der Waals surface area contributed by atoms with Gasteiger partial charge in [-0.1, -0.05) is 18.2 Å². The normalized spacial score (nSPS) is 10.5. The molecule has 0 aliphatic rings. The molecule has 0 radical (unpaired) electrons. The van der Waals surface area contributed by atoms with Crippen molar-refractivity contribution in [3.05, 3.63) is 52.0 Å². The van der Waals surface area contributed by atoms with Gasteiger partial charge in [0, 0.05) is 6.42 Å². The number of anilines is 1. The summed E-state index contributed by atoms with van der Waals surface area (Å²) in [6, 6.07) is 6.23. The lowest BCUT2D eigenvalue weighted by Gasteiger charge is -2.09. The maximum absolute atomic E-state index is 11.6. The summed E-state index contributed by atoms with van der Waals surface area (Å²) in [4.78, 5) is 20.2. The van der Waals surface area contributed by atoms with Gasteiger partial charge in [0.1, 0.15) is 17.2 Å². The van der Waals surface area contributed by atoms with Crippen LogP contribution in [0.4, 0.5) is 5.82 Å². The van der Waals surface area contributed by atoms with E-state index in [1.165, 1.54) is 18.2 Å². The maximum Gasteiger partial charge on any atom is 0.343 e. The van der Waals surface area contributed by atoms with Crippen molar-refractivity contribution >= 4 is 11.8 Å². The largest absolute Gasteiger partial charge is 0.465 e. The van der Waals surface area contributed by atoms with Gasteiger partial charge in [-0.25, -0.2) is 14.8 Å². The summed E-state index contributed by atoms with van der Waals surface area (Å²) >= 11 is 0. The Labute approximate surface area is 124 Å². The third-order valence-corrected chi connectivity index (χ3v) is 3.49. The monoisotopic (exact) mass is 285 g/mol. The molecule has 0 saturated heterocycles. The molecular formula is C16H19N3O2. The maximum atomic E-state index is 11.6. The van der Waals surface area contributed by atoms with Gasteiger partial charge in [-0.3, -0.25) is 0 Å². The molecule has 0 aliphatic carbocycles. The number of esters is 1. The molecule has 0 unspecified atom stereocenters. The highest BCUT2D eigenvalue weighted by atomic mass is 16.5. The van der Waals surface area contributed by atoms with Gasteiger partial charge >= 0.3 is 5.97 Å². The second-order valence-corrected chi connectivity index (χ2v) is 5.07. The van der Waals surface area contributed by atoms with Crippen LogP contribution in [0.25, 0.3) is 0 Å². The summed E-state index contributed by atoms with van der Waals surface area (Å²) in [5.74, 6) is 0.247. The molecule has 5 nitrogen and oxygen atoms in total. The van der Waals surface area contributed by atoms with E-state index < -0.39 is 5.97 Å². The van der Waals surface area contributed by atoms with Crippen molar-refractivity contribution in [3.8, 4) is 0 Å². The van der Waals surface area contributed by atoms with Crippen LogP contribution in [0.1, 0.15) is 38.6 Å². The van der Waals surface area contributed by atoms with E-state index in [-0.39, 0.29) is 11.4 Å². The molecule has 1 aromatic heterocycles. The van der Waals surface area contributed by atoms with Crippen LogP contribution in [0, 0.1) is 20.8 Å². The van der Waals surface area contributed by atoms with Crippen molar-refractivity contribution in [2.24, 2.45) is 0 Å². The number of benzene rings is 1.